The number of nitrogens with one attached hydrogen (secondary N) is 1. The first-order valence-electron chi connectivity index (χ1n) is 10.0. The van der Waals surface area contributed by atoms with Gasteiger partial charge in [-0.05, 0) is 49.6 Å². The van der Waals surface area contributed by atoms with Gasteiger partial charge in [0.2, 0.25) is 15.9 Å². The normalized spacial score (nSPS) is 17.6. The minimum Gasteiger partial charge on any atom is -0.355 e. The molecule has 162 valence electrons. The lowest BCUT2D eigenvalue weighted by molar-refractivity contribution is -0.125. The van der Waals surface area contributed by atoms with E-state index >= 15 is 0 Å². The summed E-state index contributed by atoms with van der Waals surface area (Å²) in [7, 11) is -3.73. The highest BCUT2D eigenvalue weighted by atomic mass is 32.2. The third kappa shape index (κ3) is 6.06. The second-order valence-corrected chi connectivity index (χ2v) is 10.5. The molecular weight excluding hydrogens is 423 g/mol. The Kier molecular flexibility index (Phi) is 7.91. The van der Waals surface area contributed by atoms with Gasteiger partial charge in [0.1, 0.15) is 5.82 Å². The van der Waals surface area contributed by atoms with Crippen LogP contribution in [0.5, 0.6) is 0 Å². The molecule has 2 aromatic rings. The molecule has 0 aromatic heterocycles. The maximum absolute atomic E-state index is 13.1. The Balaban J connectivity index is 1.45. The van der Waals surface area contributed by atoms with Gasteiger partial charge in [-0.15, -0.1) is 0 Å². The van der Waals surface area contributed by atoms with Crippen LogP contribution in [0.1, 0.15) is 24.0 Å². The lowest BCUT2D eigenvalue weighted by Gasteiger charge is -2.31. The summed E-state index contributed by atoms with van der Waals surface area (Å²) in [5.41, 5.74) is 2.49. The minimum atomic E-state index is -3.73. The fraction of sp³-hybridized carbons (Fsp3) is 0.409. The number of carbonyl (C=O) groups excluding carboxylic acids is 1. The van der Waals surface area contributed by atoms with E-state index in [0.29, 0.717) is 25.9 Å². The van der Waals surface area contributed by atoms with Gasteiger partial charge in [-0.1, -0.05) is 29.8 Å². The molecule has 1 aliphatic rings. The van der Waals surface area contributed by atoms with Crippen LogP contribution in [0.25, 0.3) is 0 Å². The van der Waals surface area contributed by atoms with Gasteiger partial charge in [0.05, 0.1) is 10.8 Å². The summed E-state index contributed by atoms with van der Waals surface area (Å²) < 4.78 is 40.0. The number of nitrogens with zero attached hydrogens (tertiary/aromatic N) is 1. The van der Waals surface area contributed by atoms with Crippen molar-refractivity contribution in [1.29, 1.82) is 0 Å². The minimum absolute atomic E-state index is 0.0532. The highest BCUT2D eigenvalue weighted by Gasteiger charge is 2.33. The Bertz CT molecular complexity index is 947. The van der Waals surface area contributed by atoms with Crippen LogP contribution >= 0.6 is 11.8 Å². The van der Waals surface area contributed by atoms with Gasteiger partial charge in [-0.3, -0.25) is 4.79 Å². The standard InChI is InChI=1S/C22H27FN2O3S2/c1-17-4-6-18(7-5-17)16-29-14-12-24-22(26)19-3-2-13-25(15-19)30(27,28)21-10-8-20(23)9-11-21/h4-11,19H,2-3,12-16H2,1H3,(H,24,26)/t19-/m1/s1. The summed E-state index contributed by atoms with van der Waals surface area (Å²) in [6.07, 6.45) is 1.29. The number of aryl methyl sites for hydroxylation is 1. The molecule has 1 amide bonds. The number of hydrogen-bond donors (Lipinski definition) is 1. The molecule has 0 aliphatic carbocycles. The molecular formula is C22H27FN2O3S2. The van der Waals surface area contributed by atoms with Crippen molar-refractivity contribution in [3.05, 3.63) is 65.5 Å². The molecule has 5 nitrogen and oxygen atoms in total. The van der Waals surface area contributed by atoms with Crippen molar-refractivity contribution in [3.63, 3.8) is 0 Å². The Hall–Kier alpha value is -1.90. The molecule has 1 atom stereocenters. The lowest BCUT2D eigenvalue weighted by Crippen LogP contribution is -2.45. The number of hydrogen-bond acceptors (Lipinski definition) is 4. The second-order valence-electron chi connectivity index (χ2n) is 7.49. The van der Waals surface area contributed by atoms with Crippen molar-refractivity contribution >= 4 is 27.7 Å². The van der Waals surface area contributed by atoms with E-state index < -0.39 is 15.8 Å². The van der Waals surface area contributed by atoms with E-state index in [9.17, 15) is 17.6 Å². The maximum Gasteiger partial charge on any atom is 0.243 e. The van der Waals surface area contributed by atoms with E-state index in [2.05, 4.69) is 36.5 Å². The van der Waals surface area contributed by atoms with Crippen LogP contribution in [0.15, 0.2) is 53.4 Å². The zero-order valence-corrected chi connectivity index (χ0v) is 18.6. The zero-order chi connectivity index (χ0) is 21.6. The quantitative estimate of drug-likeness (QED) is 0.625. The number of thioether (sulfide) groups is 1. The summed E-state index contributed by atoms with van der Waals surface area (Å²) in [4.78, 5) is 12.6. The van der Waals surface area contributed by atoms with E-state index in [1.807, 2.05) is 0 Å². The molecule has 0 radical (unpaired) electrons. The monoisotopic (exact) mass is 450 g/mol. The van der Waals surface area contributed by atoms with Gasteiger partial charge < -0.3 is 5.32 Å². The van der Waals surface area contributed by atoms with Crippen LogP contribution in [0.2, 0.25) is 0 Å². The van der Waals surface area contributed by atoms with E-state index in [-0.39, 0.29) is 23.3 Å². The number of carbonyl (C=O) groups is 1. The smallest absolute Gasteiger partial charge is 0.243 e. The third-order valence-corrected chi connectivity index (χ3v) is 8.05. The molecule has 0 unspecified atom stereocenters. The van der Waals surface area contributed by atoms with Crippen molar-refractivity contribution in [1.82, 2.24) is 9.62 Å². The molecule has 1 N–H and O–H groups in total. The van der Waals surface area contributed by atoms with Crippen LogP contribution in [-0.2, 0) is 20.6 Å². The molecule has 1 fully saturated rings. The average molecular weight is 451 g/mol. The SMILES string of the molecule is Cc1ccc(CSCCNC(=O)[C@@H]2CCCN(S(=O)(=O)c3ccc(F)cc3)C2)cc1. The number of piperidine rings is 1. The number of amides is 1. The Labute approximate surface area is 182 Å². The second kappa shape index (κ2) is 10.4. The van der Waals surface area contributed by atoms with Gasteiger partial charge in [0.15, 0.2) is 0 Å². The lowest BCUT2D eigenvalue weighted by atomic mass is 9.99. The highest BCUT2D eigenvalue weighted by Crippen LogP contribution is 2.24. The van der Waals surface area contributed by atoms with Gasteiger partial charge in [0.25, 0.3) is 0 Å². The summed E-state index contributed by atoms with van der Waals surface area (Å²) >= 11 is 1.75. The van der Waals surface area contributed by atoms with Gasteiger partial charge in [-0.25, -0.2) is 12.8 Å². The Morgan fingerprint density at radius 2 is 1.87 bits per heavy atom. The summed E-state index contributed by atoms with van der Waals surface area (Å²) in [6, 6.07) is 13.2. The van der Waals surface area contributed by atoms with E-state index in [0.717, 1.165) is 23.6 Å². The fourth-order valence-electron chi connectivity index (χ4n) is 3.40. The first kappa shape index (κ1) is 22.8. The van der Waals surface area contributed by atoms with Crippen molar-refractivity contribution in [2.45, 2.75) is 30.4 Å². The summed E-state index contributed by atoms with van der Waals surface area (Å²) in [5, 5.41) is 2.94. The molecule has 1 heterocycles. The number of rotatable bonds is 8. The molecule has 1 aliphatic heterocycles. The molecule has 2 aromatic carbocycles. The van der Waals surface area contributed by atoms with E-state index in [1.54, 1.807) is 11.8 Å². The van der Waals surface area contributed by atoms with Crippen LogP contribution in [0.4, 0.5) is 4.39 Å². The maximum atomic E-state index is 13.1. The molecule has 30 heavy (non-hydrogen) atoms. The third-order valence-electron chi connectivity index (χ3n) is 5.14. The molecule has 8 heteroatoms. The van der Waals surface area contributed by atoms with Gasteiger partial charge in [-0.2, -0.15) is 16.1 Å². The summed E-state index contributed by atoms with van der Waals surface area (Å²) in [5.74, 6) is 0.735. The van der Waals surface area contributed by atoms with Crippen LogP contribution in [0, 0.1) is 18.7 Å². The molecule has 0 bridgehead atoms. The van der Waals surface area contributed by atoms with Gasteiger partial charge in [0, 0.05) is 31.1 Å². The predicted octanol–water partition coefficient (Wildman–Crippen LogP) is 3.58. The predicted molar refractivity (Wildman–Crippen MR) is 118 cm³/mol. The van der Waals surface area contributed by atoms with Gasteiger partial charge >= 0.3 is 0 Å². The number of benzene rings is 2. The Morgan fingerprint density at radius 1 is 1.17 bits per heavy atom. The van der Waals surface area contributed by atoms with Crippen LogP contribution in [0.3, 0.4) is 0 Å². The molecule has 3 rings (SSSR count). The zero-order valence-electron chi connectivity index (χ0n) is 17.0. The number of halogens is 1. The number of sulfonamides is 1. The average Bonchev–Trinajstić information content (AvgIpc) is 2.75. The highest BCUT2D eigenvalue weighted by molar-refractivity contribution is 7.98. The van der Waals surface area contributed by atoms with Crippen LogP contribution < -0.4 is 5.32 Å². The topological polar surface area (TPSA) is 66.5 Å². The molecule has 1 saturated heterocycles. The summed E-state index contributed by atoms with van der Waals surface area (Å²) in [6.45, 7) is 3.14. The van der Waals surface area contributed by atoms with Crippen LogP contribution in [-0.4, -0.2) is 44.0 Å². The first-order valence-corrected chi connectivity index (χ1v) is 12.6. The molecule has 0 spiro atoms. The largest absolute Gasteiger partial charge is 0.355 e. The first-order chi connectivity index (χ1) is 14.4. The van der Waals surface area contributed by atoms with E-state index in [4.69, 9.17) is 0 Å². The van der Waals surface area contributed by atoms with E-state index in [1.165, 1.54) is 27.6 Å². The molecule has 0 saturated carbocycles. The van der Waals surface area contributed by atoms with Crippen molar-refractivity contribution < 1.29 is 17.6 Å². The Morgan fingerprint density at radius 3 is 2.57 bits per heavy atom. The van der Waals surface area contributed by atoms with Crippen molar-refractivity contribution in [3.8, 4) is 0 Å². The van der Waals surface area contributed by atoms with Crippen molar-refractivity contribution in [2.24, 2.45) is 5.92 Å². The fourth-order valence-corrected chi connectivity index (χ4v) is 5.74. The van der Waals surface area contributed by atoms with Crippen molar-refractivity contribution in [2.75, 3.05) is 25.4 Å².